The van der Waals surface area contributed by atoms with E-state index in [0.717, 1.165) is 4.47 Å². The molecular formula is C24H20BrN3O4. The lowest BCUT2D eigenvalue weighted by Gasteiger charge is -2.10. The van der Waals surface area contributed by atoms with Crippen molar-refractivity contribution in [3.8, 4) is 5.75 Å². The summed E-state index contributed by atoms with van der Waals surface area (Å²) < 4.78 is 12.4. The minimum absolute atomic E-state index is 0.108. The summed E-state index contributed by atoms with van der Waals surface area (Å²) in [5, 5.41) is 13.2. The van der Waals surface area contributed by atoms with Gasteiger partial charge in [0.15, 0.2) is 5.58 Å². The lowest BCUT2D eigenvalue weighted by molar-refractivity contribution is 0.102. The third-order valence-corrected chi connectivity index (χ3v) is 5.40. The molecule has 0 aliphatic rings. The van der Waals surface area contributed by atoms with E-state index in [4.69, 9.17) is 9.15 Å². The van der Waals surface area contributed by atoms with E-state index in [2.05, 4.69) is 31.2 Å². The molecule has 0 aliphatic carbocycles. The van der Waals surface area contributed by atoms with Crippen LogP contribution in [0.2, 0.25) is 0 Å². The first-order valence-corrected chi connectivity index (χ1v) is 10.6. The Labute approximate surface area is 192 Å². The van der Waals surface area contributed by atoms with Gasteiger partial charge < -0.3 is 19.6 Å². The summed E-state index contributed by atoms with van der Waals surface area (Å²) in [6, 6.07) is 16.1. The highest BCUT2D eigenvalue weighted by atomic mass is 79.9. The van der Waals surface area contributed by atoms with Crippen molar-refractivity contribution in [1.82, 2.24) is 4.98 Å². The summed E-state index contributed by atoms with van der Waals surface area (Å²) in [6.45, 7) is 1.55. The summed E-state index contributed by atoms with van der Waals surface area (Å²) in [5.74, 6) is 0.144. The van der Waals surface area contributed by atoms with Crippen LogP contribution in [-0.2, 0) is 6.61 Å². The number of anilines is 1. The highest BCUT2D eigenvalue weighted by Crippen LogP contribution is 2.27. The number of carbonyl (C=O) groups is 1. The molecule has 4 aromatic rings. The molecule has 0 saturated heterocycles. The average Bonchev–Trinajstić information content (AvgIpc) is 2.81. The van der Waals surface area contributed by atoms with Crippen LogP contribution >= 0.6 is 15.9 Å². The molecule has 4 rings (SSSR count). The van der Waals surface area contributed by atoms with Crippen LogP contribution in [-0.4, -0.2) is 23.1 Å². The second-order valence-corrected chi connectivity index (χ2v) is 7.90. The molecule has 7 nitrogen and oxygen atoms in total. The summed E-state index contributed by atoms with van der Waals surface area (Å²) in [7, 11) is 1.55. The molecule has 2 aromatic heterocycles. The van der Waals surface area contributed by atoms with E-state index >= 15 is 0 Å². The van der Waals surface area contributed by atoms with E-state index in [-0.39, 0.29) is 17.7 Å². The summed E-state index contributed by atoms with van der Waals surface area (Å²) >= 11 is 3.38. The van der Waals surface area contributed by atoms with E-state index in [0.29, 0.717) is 39.4 Å². The molecule has 0 saturated carbocycles. The van der Waals surface area contributed by atoms with E-state index in [9.17, 15) is 9.90 Å². The second-order valence-electron chi connectivity index (χ2n) is 6.98. The highest BCUT2D eigenvalue weighted by molar-refractivity contribution is 9.10. The highest BCUT2D eigenvalue weighted by Gasteiger charge is 2.17. The zero-order chi connectivity index (χ0) is 22.7. The van der Waals surface area contributed by atoms with Gasteiger partial charge in [0.25, 0.3) is 5.91 Å². The van der Waals surface area contributed by atoms with Gasteiger partial charge in [0.05, 0.1) is 19.4 Å². The maximum atomic E-state index is 13.2. The molecule has 32 heavy (non-hydrogen) atoms. The summed E-state index contributed by atoms with van der Waals surface area (Å²) in [6.07, 6.45) is 1.57. The molecule has 2 heterocycles. The number of halogens is 1. The number of carbonyl (C=O) groups excluding carboxylic acids is 1. The van der Waals surface area contributed by atoms with Crippen molar-refractivity contribution < 1.29 is 19.1 Å². The Hall–Kier alpha value is -3.49. The number of methoxy groups -OCH3 is 1. The molecule has 0 aliphatic heterocycles. The normalized spacial score (nSPS) is 11.6. The summed E-state index contributed by atoms with van der Waals surface area (Å²) in [5.41, 5.74) is 3.08. The number of amides is 1. The molecule has 1 amide bonds. The van der Waals surface area contributed by atoms with E-state index in [1.54, 1.807) is 50.6 Å². The molecule has 0 unspecified atom stereocenters. The van der Waals surface area contributed by atoms with Gasteiger partial charge in [-0.1, -0.05) is 28.1 Å². The van der Waals surface area contributed by atoms with Gasteiger partial charge in [0.2, 0.25) is 5.55 Å². The molecule has 0 radical (unpaired) electrons. The van der Waals surface area contributed by atoms with Crippen molar-refractivity contribution in [1.29, 1.82) is 0 Å². The zero-order valence-electron chi connectivity index (χ0n) is 17.4. The SMILES string of the molecule is COc1ccccc1N=c1oc2c(C)ncc(CO)c2cc1C(=O)Nc1ccc(Br)cc1. The number of nitrogens with one attached hydrogen (secondary N) is 1. The van der Waals surface area contributed by atoms with Gasteiger partial charge in [-0.2, -0.15) is 0 Å². The lowest BCUT2D eigenvalue weighted by atomic mass is 10.1. The molecule has 8 heteroatoms. The van der Waals surface area contributed by atoms with Gasteiger partial charge in [-0.15, -0.1) is 0 Å². The van der Waals surface area contributed by atoms with E-state index in [1.807, 2.05) is 24.3 Å². The van der Waals surface area contributed by atoms with E-state index < -0.39 is 5.91 Å². The number of aliphatic hydroxyl groups is 1. The topological polar surface area (TPSA) is 97.0 Å². The van der Waals surface area contributed by atoms with Crippen LogP contribution in [0, 0.1) is 6.92 Å². The predicted octanol–water partition coefficient (Wildman–Crippen LogP) is 4.88. The molecule has 2 N–H and O–H groups in total. The van der Waals surface area contributed by atoms with Gasteiger partial charge in [-0.05, 0) is 49.4 Å². The fourth-order valence-electron chi connectivity index (χ4n) is 3.22. The Morgan fingerprint density at radius 1 is 1.22 bits per heavy atom. The van der Waals surface area contributed by atoms with Crippen LogP contribution in [0.5, 0.6) is 5.75 Å². The lowest BCUT2D eigenvalue weighted by Crippen LogP contribution is -2.22. The fraction of sp³-hybridized carbons (Fsp3) is 0.125. The minimum Gasteiger partial charge on any atom is -0.494 e. The van der Waals surface area contributed by atoms with Gasteiger partial charge in [0, 0.05) is 27.3 Å². The van der Waals surface area contributed by atoms with Crippen LogP contribution in [0.15, 0.2) is 74.7 Å². The Kier molecular flexibility index (Phi) is 6.34. The largest absolute Gasteiger partial charge is 0.494 e. The predicted molar refractivity (Wildman–Crippen MR) is 125 cm³/mol. The molecular weight excluding hydrogens is 474 g/mol. The Morgan fingerprint density at radius 3 is 2.69 bits per heavy atom. The van der Waals surface area contributed by atoms with Gasteiger partial charge >= 0.3 is 0 Å². The number of aliphatic hydroxyl groups excluding tert-OH is 1. The first-order valence-electron chi connectivity index (χ1n) is 9.78. The van der Waals surface area contributed by atoms with Crippen LogP contribution in [0.4, 0.5) is 11.4 Å². The summed E-state index contributed by atoms with van der Waals surface area (Å²) in [4.78, 5) is 22.1. The standard InChI is InChI=1S/C24H20BrN3O4/c1-14-22-18(15(13-29)12-26-14)11-19(23(30)27-17-9-7-16(25)8-10-17)24(32-22)28-20-5-3-4-6-21(20)31-2/h3-12,29H,13H2,1-2H3,(H,27,30). The number of benzene rings is 2. The number of aryl methyl sites for hydroxylation is 1. The number of fused-ring (bicyclic) bond motifs is 1. The van der Waals surface area contributed by atoms with Crippen molar-refractivity contribution in [3.05, 3.63) is 87.6 Å². The fourth-order valence-corrected chi connectivity index (χ4v) is 3.49. The average molecular weight is 494 g/mol. The maximum absolute atomic E-state index is 13.2. The molecule has 0 fully saturated rings. The first kappa shape index (κ1) is 21.7. The zero-order valence-corrected chi connectivity index (χ0v) is 19.0. The number of para-hydroxylation sites is 2. The maximum Gasteiger partial charge on any atom is 0.261 e. The van der Waals surface area contributed by atoms with Crippen LogP contribution in [0.25, 0.3) is 11.0 Å². The third-order valence-electron chi connectivity index (χ3n) is 4.88. The third kappa shape index (κ3) is 4.42. The molecule has 0 atom stereocenters. The number of rotatable bonds is 5. The van der Waals surface area contributed by atoms with Crippen LogP contribution in [0.1, 0.15) is 21.6 Å². The van der Waals surface area contributed by atoms with Crippen LogP contribution < -0.4 is 15.6 Å². The first-order chi connectivity index (χ1) is 15.5. The number of nitrogens with zero attached hydrogens (tertiary/aromatic N) is 2. The van der Waals surface area contributed by atoms with Gasteiger partial charge in [-0.25, -0.2) is 4.99 Å². The van der Waals surface area contributed by atoms with Crippen molar-refractivity contribution in [2.24, 2.45) is 4.99 Å². The Bertz CT molecular complexity index is 1360. The Morgan fingerprint density at radius 2 is 1.97 bits per heavy atom. The van der Waals surface area contributed by atoms with E-state index in [1.165, 1.54) is 0 Å². The number of aromatic nitrogens is 1. The number of hydrogen-bond donors (Lipinski definition) is 2. The molecule has 0 spiro atoms. The van der Waals surface area contributed by atoms with Crippen LogP contribution in [0.3, 0.4) is 0 Å². The second kappa shape index (κ2) is 9.33. The molecule has 0 bridgehead atoms. The quantitative estimate of drug-likeness (QED) is 0.412. The van der Waals surface area contributed by atoms with Crippen molar-refractivity contribution in [3.63, 3.8) is 0 Å². The van der Waals surface area contributed by atoms with Crippen molar-refractivity contribution in [2.75, 3.05) is 12.4 Å². The monoisotopic (exact) mass is 493 g/mol. The number of ether oxygens (including phenoxy) is 1. The van der Waals surface area contributed by atoms with Gasteiger partial charge in [0.1, 0.15) is 17.0 Å². The number of hydrogen-bond acceptors (Lipinski definition) is 6. The van der Waals surface area contributed by atoms with Crippen molar-refractivity contribution in [2.45, 2.75) is 13.5 Å². The minimum atomic E-state index is -0.398. The molecule has 2 aromatic carbocycles. The number of pyridine rings is 1. The molecule has 162 valence electrons. The van der Waals surface area contributed by atoms with Gasteiger partial charge in [-0.3, -0.25) is 9.78 Å². The van der Waals surface area contributed by atoms with Crippen molar-refractivity contribution >= 4 is 44.2 Å². The smallest absolute Gasteiger partial charge is 0.261 e. The Balaban J connectivity index is 1.94.